The maximum absolute atomic E-state index is 13.2. The molecule has 0 fully saturated rings. The minimum atomic E-state index is -0.655. The summed E-state index contributed by atoms with van der Waals surface area (Å²) in [6, 6.07) is 70.9. The molecule has 1 aliphatic carbocycles. The third-order valence-electron chi connectivity index (χ3n) is 10.6. The number of carbonyl (C=O) groups is 1. The molecule has 0 N–H and O–H groups in total. The highest BCUT2D eigenvalue weighted by atomic mass is 16.5. The maximum atomic E-state index is 13.2. The smallest absolute Gasteiger partial charge is 0.336 e. The summed E-state index contributed by atoms with van der Waals surface area (Å²) in [5.41, 5.74) is 14.5. The molecule has 276 valence electrons. The highest BCUT2D eigenvalue weighted by molar-refractivity contribution is 6.12. The van der Waals surface area contributed by atoms with Crippen molar-refractivity contribution in [1.82, 2.24) is 0 Å². The van der Waals surface area contributed by atoms with Crippen molar-refractivity contribution >= 4 is 45.7 Å². The van der Waals surface area contributed by atoms with E-state index >= 15 is 0 Å². The van der Waals surface area contributed by atoms with E-state index < -0.39 is 5.97 Å². The monoisotopic (exact) mass is 747 g/mol. The standard InChI is InChI=1S/C53H37N3O2/c1-54-52(53(57)58-2)51-49-35-39(37-23-29-45(30-24-37)55(41-15-7-3-8-16-41)42-17-9-4-10-18-42)27-33-47(49)48-34-28-40(36-50(48)51)38-25-31-46(32-26-38)56(43-19-11-5-12-20-43)44-21-13-6-14-22-44/h3-36H,2H3. The lowest BCUT2D eigenvalue weighted by atomic mass is 9.95. The molecule has 0 aromatic heterocycles. The first kappa shape index (κ1) is 35.7. The van der Waals surface area contributed by atoms with E-state index in [-0.39, 0.29) is 5.70 Å². The summed E-state index contributed by atoms with van der Waals surface area (Å²) in [4.78, 5) is 21.5. The molecule has 8 aromatic rings. The van der Waals surface area contributed by atoms with Gasteiger partial charge in [-0.15, -0.1) is 0 Å². The van der Waals surface area contributed by atoms with Gasteiger partial charge in [0.2, 0.25) is 0 Å². The average molecular weight is 748 g/mol. The van der Waals surface area contributed by atoms with Gasteiger partial charge in [-0.05, 0) is 129 Å². The lowest BCUT2D eigenvalue weighted by molar-refractivity contribution is -0.135. The zero-order valence-corrected chi connectivity index (χ0v) is 31.8. The summed E-state index contributed by atoms with van der Waals surface area (Å²) in [5.74, 6) is -0.655. The lowest BCUT2D eigenvalue weighted by Crippen LogP contribution is -2.09. The van der Waals surface area contributed by atoms with Gasteiger partial charge >= 0.3 is 5.97 Å². The Kier molecular flexibility index (Phi) is 9.65. The number of nitrogens with zero attached hydrogens (tertiary/aromatic N) is 3. The number of anilines is 6. The molecule has 0 amide bonds. The predicted molar refractivity (Wildman–Crippen MR) is 237 cm³/mol. The largest absolute Gasteiger partial charge is 0.474 e. The molecule has 0 atom stereocenters. The number of fused-ring (bicyclic) bond motifs is 3. The van der Waals surface area contributed by atoms with Crippen LogP contribution in [0.4, 0.5) is 34.1 Å². The molecular formula is C53H37N3O2. The molecule has 0 bridgehead atoms. The first-order chi connectivity index (χ1) is 28.6. The zero-order valence-electron chi connectivity index (χ0n) is 31.8. The molecule has 8 aromatic carbocycles. The van der Waals surface area contributed by atoms with E-state index in [0.29, 0.717) is 5.57 Å². The fraction of sp³-hybridized carbons (Fsp3) is 0.0189. The molecule has 1 aliphatic rings. The van der Waals surface area contributed by atoms with Crippen molar-refractivity contribution in [3.05, 3.63) is 234 Å². The van der Waals surface area contributed by atoms with Crippen molar-refractivity contribution in [1.29, 1.82) is 0 Å². The number of carbonyl (C=O) groups excluding carboxylic acids is 1. The Balaban J connectivity index is 1.08. The first-order valence-corrected chi connectivity index (χ1v) is 19.1. The van der Waals surface area contributed by atoms with Crippen LogP contribution in [0, 0.1) is 6.57 Å². The summed E-state index contributed by atoms with van der Waals surface area (Å²) in [6.45, 7) is 8.15. The average Bonchev–Trinajstić information content (AvgIpc) is 3.61. The highest BCUT2D eigenvalue weighted by Crippen LogP contribution is 2.49. The Morgan fingerprint density at radius 3 is 1.03 bits per heavy atom. The Bertz CT molecular complexity index is 2560. The molecule has 0 saturated heterocycles. The Morgan fingerprint density at radius 2 is 0.724 bits per heavy atom. The second kappa shape index (κ2) is 15.7. The third-order valence-corrected chi connectivity index (χ3v) is 10.6. The maximum Gasteiger partial charge on any atom is 0.336 e. The summed E-state index contributed by atoms with van der Waals surface area (Å²) >= 11 is 0. The van der Waals surface area contributed by atoms with Crippen LogP contribution in [-0.2, 0) is 9.53 Å². The number of methoxy groups -OCH3 is 1. The number of rotatable bonds is 9. The number of ether oxygens (including phenoxy) is 1. The van der Waals surface area contributed by atoms with E-state index in [1.54, 1.807) is 0 Å². The van der Waals surface area contributed by atoms with Crippen molar-refractivity contribution in [3.63, 3.8) is 0 Å². The molecule has 58 heavy (non-hydrogen) atoms. The summed E-state index contributed by atoms with van der Waals surface area (Å²) in [7, 11) is 1.32. The van der Waals surface area contributed by atoms with Gasteiger partial charge in [0.25, 0.3) is 5.70 Å². The fourth-order valence-electron chi connectivity index (χ4n) is 7.84. The van der Waals surface area contributed by atoms with Crippen molar-refractivity contribution in [3.8, 4) is 33.4 Å². The highest BCUT2D eigenvalue weighted by Gasteiger charge is 2.30. The van der Waals surface area contributed by atoms with Gasteiger partial charge in [-0.1, -0.05) is 121 Å². The van der Waals surface area contributed by atoms with Gasteiger partial charge in [0.15, 0.2) is 0 Å². The Morgan fingerprint density at radius 1 is 0.414 bits per heavy atom. The molecular weight excluding hydrogens is 711 g/mol. The molecule has 9 rings (SSSR count). The van der Waals surface area contributed by atoms with Crippen LogP contribution in [0.15, 0.2) is 212 Å². The van der Waals surface area contributed by atoms with E-state index in [4.69, 9.17) is 11.3 Å². The van der Waals surface area contributed by atoms with Gasteiger partial charge < -0.3 is 14.5 Å². The third kappa shape index (κ3) is 6.70. The Labute approximate surface area is 338 Å². The van der Waals surface area contributed by atoms with Crippen LogP contribution >= 0.6 is 0 Å². The number of hydrogen-bond acceptors (Lipinski definition) is 4. The molecule has 0 aliphatic heterocycles. The van der Waals surface area contributed by atoms with E-state index in [1.807, 2.05) is 72.8 Å². The number of hydrogen-bond donors (Lipinski definition) is 0. The quantitative estimate of drug-likeness (QED) is 0.0837. The number of esters is 1. The number of para-hydroxylation sites is 4. The second-order valence-electron chi connectivity index (χ2n) is 14.0. The van der Waals surface area contributed by atoms with Crippen LogP contribution in [0.25, 0.3) is 43.8 Å². The molecule has 0 spiro atoms. The van der Waals surface area contributed by atoms with Crippen LogP contribution in [0.2, 0.25) is 0 Å². The summed E-state index contributed by atoms with van der Waals surface area (Å²) in [5, 5.41) is 0. The van der Waals surface area contributed by atoms with Crippen molar-refractivity contribution in [2.75, 3.05) is 16.9 Å². The minimum absolute atomic E-state index is 0.0368. The van der Waals surface area contributed by atoms with Crippen LogP contribution in [0.1, 0.15) is 11.1 Å². The topological polar surface area (TPSA) is 37.1 Å². The zero-order chi connectivity index (χ0) is 39.4. The molecule has 0 unspecified atom stereocenters. The van der Waals surface area contributed by atoms with Crippen LogP contribution in [0.3, 0.4) is 0 Å². The molecule has 0 radical (unpaired) electrons. The Hall–Kier alpha value is -7.94. The van der Waals surface area contributed by atoms with Crippen molar-refractivity contribution in [2.45, 2.75) is 0 Å². The van der Waals surface area contributed by atoms with Crippen LogP contribution in [0.5, 0.6) is 0 Å². The molecule has 0 saturated carbocycles. The van der Waals surface area contributed by atoms with Gasteiger partial charge in [-0.25, -0.2) is 4.85 Å². The first-order valence-electron chi connectivity index (χ1n) is 19.1. The van der Waals surface area contributed by atoms with Crippen LogP contribution in [-0.4, -0.2) is 13.1 Å². The molecule has 5 heteroatoms. The van der Waals surface area contributed by atoms with Crippen molar-refractivity contribution < 1.29 is 9.53 Å². The van der Waals surface area contributed by atoms with E-state index in [2.05, 4.69) is 148 Å². The predicted octanol–water partition coefficient (Wildman–Crippen LogP) is 13.8. The SMILES string of the molecule is [C-]#[N+]C(C(=O)OC)=C1c2cc(-c3ccc(N(c4ccccc4)c4ccccc4)cc3)ccc2-c2ccc(-c3ccc(N(c4ccccc4)c4ccccc4)cc3)cc21. The summed E-state index contributed by atoms with van der Waals surface area (Å²) in [6.07, 6.45) is 0. The number of benzene rings is 8. The minimum Gasteiger partial charge on any atom is -0.474 e. The van der Waals surface area contributed by atoms with Gasteiger partial charge in [-0.2, -0.15) is 0 Å². The van der Waals surface area contributed by atoms with E-state index in [0.717, 1.165) is 78.6 Å². The molecule has 0 heterocycles. The lowest BCUT2D eigenvalue weighted by Gasteiger charge is -2.25. The normalized spacial score (nSPS) is 11.2. The fourth-order valence-corrected chi connectivity index (χ4v) is 7.84. The van der Waals surface area contributed by atoms with E-state index in [9.17, 15) is 4.79 Å². The van der Waals surface area contributed by atoms with Crippen molar-refractivity contribution in [2.24, 2.45) is 0 Å². The van der Waals surface area contributed by atoms with E-state index in [1.165, 1.54) is 7.11 Å². The van der Waals surface area contributed by atoms with Gasteiger partial charge in [0.05, 0.1) is 13.7 Å². The van der Waals surface area contributed by atoms with Gasteiger partial charge in [0, 0.05) is 39.7 Å². The van der Waals surface area contributed by atoms with Gasteiger partial charge in [0.1, 0.15) is 0 Å². The second-order valence-corrected chi connectivity index (χ2v) is 14.0. The summed E-state index contributed by atoms with van der Waals surface area (Å²) < 4.78 is 5.17. The van der Waals surface area contributed by atoms with Crippen LogP contribution < -0.4 is 9.80 Å². The van der Waals surface area contributed by atoms with Gasteiger partial charge in [-0.3, -0.25) is 4.79 Å². The molecule has 5 nitrogen and oxygen atoms in total.